The lowest BCUT2D eigenvalue weighted by Crippen LogP contribution is -2.58. The molecule has 4 atom stereocenters. The fourth-order valence-electron chi connectivity index (χ4n) is 2.76. The molecule has 4 unspecified atom stereocenters. The molecule has 0 spiro atoms. The smallest absolute Gasteiger partial charge is 0.326 e. The van der Waals surface area contributed by atoms with E-state index in [0.29, 0.717) is 0 Å². The highest BCUT2D eigenvalue weighted by Crippen LogP contribution is 2.03. The summed E-state index contributed by atoms with van der Waals surface area (Å²) in [5.74, 6) is -7.05. The Kier molecular flexibility index (Phi) is 11.5. The van der Waals surface area contributed by atoms with Crippen molar-refractivity contribution in [3.8, 4) is 0 Å². The monoisotopic (exact) mass is 497 g/mol. The van der Waals surface area contributed by atoms with Crippen LogP contribution in [0.1, 0.15) is 18.4 Å². The maximum absolute atomic E-state index is 12.6. The van der Waals surface area contributed by atoms with Gasteiger partial charge >= 0.3 is 11.9 Å². The first kappa shape index (κ1) is 28.4. The molecule has 0 aliphatic rings. The quantitative estimate of drug-likeness (QED) is 0.125. The number of thiol groups is 1. The number of carboxylic acids is 2. The molecule has 0 radical (unpaired) electrons. The zero-order valence-corrected chi connectivity index (χ0v) is 18.9. The maximum Gasteiger partial charge on any atom is 0.326 e. The zero-order valence-electron chi connectivity index (χ0n) is 18.0. The van der Waals surface area contributed by atoms with Crippen molar-refractivity contribution in [2.75, 3.05) is 5.75 Å². The van der Waals surface area contributed by atoms with E-state index < -0.39 is 72.6 Å². The van der Waals surface area contributed by atoms with Crippen molar-refractivity contribution in [2.24, 2.45) is 11.5 Å². The van der Waals surface area contributed by atoms with Gasteiger partial charge in [0.1, 0.15) is 18.1 Å². The Morgan fingerprint density at radius 2 is 1.35 bits per heavy atom. The highest BCUT2D eigenvalue weighted by atomic mass is 32.1. The van der Waals surface area contributed by atoms with Crippen molar-refractivity contribution in [3.63, 3.8) is 0 Å². The Hall–Kier alpha value is -3.65. The van der Waals surface area contributed by atoms with Gasteiger partial charge in [0.25, 0.3) is 0 Å². The Labute approximate surface area is 200 Å². The SMILES string of the molecule is NC(=O)CC(NC(=O)C(CS)NC(=O)C(N)Cc1ccccc1)C(=O)NC(CC(=O)O)C(=O)O. The van der Waals surface area contributed by atoms with Crippen LogP contribution in [0.15, 0.2) is 30.3 Å². The molecular weight excluding hydrogens is 470 g/mol. The summed E-state index contributed by atoms with van der Waals surface area (Å²) in [6.45, 7) is 0. The Balaban J connectivity index is 2.85. The van der Waals surface area contributed by atoms with Crippen LogP contribution in [-0.2, 0) is 35.2 Å². The summed E-state index contributed by atoms with van der Waals surface area (Å²) in [4.78, 5) is 70.8. The van der Waals surface area contributed by atoms with Crippen molar-refractivity contribution in [1.82, 2.24) is 16.0 Å². The molecular formula is C20H27N5O8S. The Bertz CT molecular complexity index is 913. The van der Waals surface area contributed by atoms with Crippen LogP contribution in [0.2, 0.25) is 0 Å². The first-order chi connectivity index (χ1) is 15.9. The van der Waals surface area contributed by atoms with E-state index in [1.807, 2.05) is 5.32 Å². The minimum Gasteiger partial charge on any atom is -0.481 e. The molecule has 14 heteroatoms. The van der Waals surface area contributed by atoms with Crippen LogP contribution in [-0.4, -0.2) is 75.7 Å². The number of carbonyl (C=O) groups is 6. The lowest BCUT2D eigenvalue weighted by molar-refractivity contribution is -0.147. The molecule has 0 heterocycles. The van der Waals surface area contributed by atoms with Gasteiger partial charge in [0, 0.05) is 5.75 Å². The van der Waals surface area contributed by atoms with Crippen LogP contribution in [0.3, 0.4) is 0 Å². The van der Waals surface area contributed by atoms with Gasteiger partial charge in [-0.1, -0.05) is 30.3 Å². The molecule has 4 amide bonds. The van der Waals surface area contributed by atoms with Crippen molar-refractivity contribution >= 4 is 48.2 Å². The van der Waals surface area contributed by atoms with Gasteiger partial charge in [-0.15, -0.1) is 0 Å². The van der Waals surface area contributed by atoms with Crippen molar-refractivity contribution < 1.29 is 39.0 Å². The molecule has 1 rings (SSSR count). The minimum absolute atomic E-state index is 0.195. The molecule has 186 valence electrons. The van der Waals surface area contributed by atoms with Gasteiger partial charge in [-0.2, -0.15) is 12.6 Å². The first-order valence-corrected chi connectivity index (χ1v) is 10.6. The fraction of sp³-hybridized carbons (Fsp3) is 0.400. The molecule has 9 N–H and O–H groups in total. The number of primary amides is 1. The summed E-state index contributed by atoms with van der Waals surface area (Å²) in [6.07, 6.45) is -1.45. The lowest BCUT2D eigenvalue weighted by atomic mass is 10.1. The summed E-state index contributed by atoms with van der Waals surface area (Å²) in [5.41, 5.74) is 11.8. The average molecular weight is 498 g/mol. The van der Waals surface area contributed by atoms with Crippen LogP contribution < -0.4 is 27.4 Å². The van der Waals surface area contributed by atoms with E-state index in [2.05, 4.69) is 23.3 Å². The van der Waals surface area contributed by atoms with Gasteiger partial charge in [0.2, 0.25) is 23.6 Å². The third-order valence-corrected chi connectivity index (χ3v) is 4.85. The van der Waals surface area contributed by atoms with Gasteiger partial charge < -0.3 is 37.6 Å². The molecule has 0 saturated carbocycles. The second-order valence-corrected chi connectivity index (χ2v) is 7.63. The van der Waals surface area contributed by atoms with E-state index in [4.69, 9.17) is 21.7 Å². The van der Waals surface area contributed by atoms with Crippen LogP contribution in [0.5, 0.6) is 0 Å². The predicted octanol–water partition coefficient (Wildman–Crippen LogP) is -2.62. The number of rotatable bonds is 14. The van der Waals surface area contributed by atoms with E-state index in [-0.39, 0.29) is 12.2 Å². The van der Waals surface area contributed by atoms with Crippen molar-refractivity contribution in [2.45, 2.75) is 43.4 Å². The average Bonchev–Trinajstić information content (AvgIpc) is 2.76. The molecule has 0 saturated heterocycles. The fourth-order valence-corrected chi connectivity index (χ4v) is 3.02. The third kappa shape index (κ3) is 9.87. The van der Waals surface area contributed by atoms with E-state index in [1.165, 1.54) is 0 Å². The third-order valence-electron chi connectivity index (χ3n) is 4.48. The zero-order chi connectivity index (χ0) is 25.8. The van der Waals surface area contributed by atoms with Gasteiger partial charge in [-0.3, -0.25) is 24.0 Å². The number of nitrogens with two attached hydrogens (primary N) is 2. The summed E-state index contributed by atoms with van der Waals surface area (Å²) in [7, 11) is 0. The topological polar surface area (TPSA) is 231 Å². The largest absolute Gasteiger partial charge is 0.481 e. The molecule has 0 aliphatic carbocycles. The summed E-state index contributed by atoms with van der Waals surface area (Å²) in [6, 6.07) is 3.22. The summed E-state index contributed by atoms with van der Waals surface area (Å²) >= 11 is 4.01. The number of hydrogen-bond acceptors (Lipinski definition) is 8. The molecule has 0 bridgehead atoms. The number of amides is 4. The lowest BCUT2D eigenvalue weighted by Gasteiger charge is -2.23. The number of aliphatic carboxylic acids is 2. The number of carboxylic acid groups (broad SMARTS) is 2. The predicted molar refractivity (Wildman–Crippen MR) is 121 cm³/mol. The van der Waals surface area contributed by atoms with Gasteiger partial charge in [0.05, 0.1) is 18.9 Å². The second-order valence-electron chi connectivity index (χ2n) is 7.27. The van der Waals surface area contributed by atoms with Gasteiger partial charge in [-0.25, -0.2) is 4.79 Å². The molecule has 1 aromatic carbocycles. The van der Waals surface area contributed by atoms with Crippen molar-refractivity contribution in [3.05, 3.63) is 35.9 Å². The number of carbonyl (C=O) groups excluding carboxylic acids is 4. The molecule has 13 nitrogen and oxygen atoms in total. The van der Waals surface area contributed by atoms with Crippen molar-refractivity contribution in [1.29, 1.82) is 0 Å². The van der Waals surface area contributed by atoms with Gasteiger partial charge in [0.15, 0.2) is 0 Å². The normalized spacial score (nSPS) is 14.1. The number of nitrogens with one attached hydrogen (secondary N) is 3. The second kappa shape index (κ2) is 13.8. The first-order valence-electron chi connectivity index (χ1n) is 9.99. The number of hydrogen-bond donors (Lipinski definition) is 8. The highest BCUT2D eigenvalue weighted by Gasteiger charge is 2.31. The standard InChI is InChI=1S/C20H27N5O8S/c21-11(6-10-4-2-1-3-5-10)17(29)25-14(9-34)19(31)23-12(7-15(22)26)18(30)24-13(20(32)33)8-16(27)28/h1-5,11-14,34H,6-9,21H2,(H2,22,26)(H,23,31)(H,24,30)(H,25,29)(H,27,28)(H,32,33). The van der Waals surface area contributed by atoms with Crippen LogP contribution in [0.4, 0.5) is 0 Å². The highest BCUT2D eigenvalue weighted by molar-refractivity contribution is 7.80. The van der Waals surface area contributed by atoms with Crippen LogP contribution >= 0.6 is 12.6 Å². The molecule has 0 aromatic heterocycles. The maximum atomic E-state index is 12.6. The van der Waals surface area contributed by atoms with Crippen LogP contribution in [0, 0.1) is 0 Å². The Morgan fingerprint density at radius 3 is 1.85 bits per heavy atom. The van der Waals surface area contributed by atoms with E-state index >= 15 is 0 Å². The van der Waals surface area contributed by atoms with Crippen LogP contribution in [0.25, 0.3) is 0 Å². The summed E-state index contributed by atoms with van der Waals surface area (Å²) in [5, 5.41) is 24.4. The molecule has 1 aromatic rings. The molecule has 0 fully saturated rings. The van der Waals surface area contributed by atoms with E-state index in [9.17, 15) is 28.8 Å². The molecule has 0 aliphatic heterocycles. The number of benzene rings is 1. The molecule has 34 heavy (non-hydrogen) atoms. The Morgan fingerprint density at radius 1 is 0.824 bits per heavy atom. The van der Waals surface area contributed by atoms with Gasteiger partial charge in [-0.05, 0) is 12.0 Å². The van der Waals surface area contributed by atoms with E-state index in [1.54, 1.807) is 30.3 Å². The van der Waals surface area contributed by atoms with E-state index in [0.717, 1.165) is 5.56 Å². The minimum atomic E-state index is -1.81. The summed E-state index contributed by atoms with van der Waals surface area (Å²) < 4.78 is 0.